The van der Waals surface area contributed by atoms with Gasteiger partial charge in [-0.2, -0.15) is 8.42 Å². The van der Waals surface area contributed by atoms with Crippen molar-refractivity contribution >= 4 is 10.4 Å². The molecule has 0 bridgehead atoms. The van der Waals surface area contributed by atoms with Gasteiger partial charge in [-0.15, -0.1) is 0 Å². The summed E-state index contributed by atoms with van der Waals surface area (Å²) in [6, 6.07) is 0. The van der Waals surface area contributed by atoms with Crippen LogP contribution in [0.3, 0.4) is 0 Å². The first-order valence-corrected chi connectivity index (χ1v) is 12.7. The van der Waals surface area contributed by atoms with Crippen molar-refractivity contribution in [2.24, 2.45) is 0 Å². The van der Waals surface area contributed by atoms with Gasteiger partial charge in [0.05, 0.1) is 106 Å². The Bertz CT molecular complexity index is 431. The van der Waals surface area contributed by atoms with Crippen molar-refractivity contribution < 1.29 is 60.5 Å². The van der Waals surface area contributed by atoms with Gasteiger partial charge in [0.1, 0.15) is 0 Å². The summed E-state index contributed by atoms with van der Waals surface area (Å²) >= 11 is 0. The van der Waals surface area contributed by atoms with Gasteiger partial charge in [-0.05, 0) is 6.42 Å². The van der Waals surface area contributed by atoms with E-state index in [0.29, 0.717) is 99.1 Å². The maximum absolute atomic E-state index is 8.74. The second kappa shape index (κ2) is 30.5. The maximum atomic E-state index is 8.74. The molecule has 34 heavy (non-hydrogen) atoms. The minimum Gasteiger partial charge on any atom is -0.394 e. The van der Waals surface area contributed by atoms with E-state index in [-0.39, 0.29) is 6.61 Å². The van der Waals surface area contributed by atoms with Gasteiger partial charge in [0.2, 0.25) is 0 Å². The minimum atomic E-state index is -4.67. The monoisotopic (exact) mass is 524 g/mol. The van der Waals surface area contributed by atoms with Crippen LogP contribution in [0.15, 0.2) is 0 Å². The zero-order valence-corrected chi connectivity index (χ0v) is 21.1. The second-order valence-corrected chi connectivity index (χ2v) is 7.32. The standard InChI is InChI=1S/C20H42O9.H2O4S/c1-2-3-5-22-7-9-24-11-13-26-15-17-28-19-20-29-18-16-27-14-12-25-10-8-23-6-4-21;1-5(2,3)4/h21H,2-20H2,1H3;(H2,1,2,3,4). The molecule has 208 valence electrons. The zero-order valence-electron chi connectivity index (χ0n) is 20.3. The van der Waals surface area contributed by atoms with Crippen LogP contribution in [0.2, 0.25) is 0 Å². The molecule has 3 N–H and O–H groups in total. The number of aliphatic hydroxyl groups is 1. The molecule has 13 nitrogen and oxygen atoms in total. The highest BCUT2D eigenvalue weighted by atomic mass is 32.3. The highest BCUT2D eigenvalue weighted by molar-refractivity contribution is 7.79. The Morgan fingerprint density at radius 3 is 0.882 bits per heavy atom. The fourth-order valence-corrected chi connectivity index (χ4v) is 1.95. The van der Waals surface area contributed by atoms with Crippen molar-refractivity contribution in [2.75, 3.05) is 112 Å². The van der Waals surface area contributed by atoms with Crippen LogP contribution in [0.5, 0.6) is 0 Å². The molecule has 0 aliphatic rings. The van der Waals surface area contributed by atoms with Crippen LogP contribution < -0.4 is 0 Å². The van der Waals surface area contributed by atoms with Crippen LogP contribution in [0.4, 0.5) is 0 Å². The van der Waals surface area contributed by atoms with Gasteiger partial charge in [-0.1, -0.05) is 13.3 Å². The molecule has 0 rings (SSSR count). The summed E-state index contributed by atoms with van der Waals surface area (Å²) in [5, 5.41) is 8.53. The van der Waals surface area contributed by atoms with Crippen LogP contribution >= 0.6 is 0 Å². The molecule has 0 spiro atoms. The summed E-state index contributed by atoms with van der Waals surface area (Å²) in [5.41, 5.74) is 0. The Balaban J connectivity index is 0. The third-order valence-corrected chi connectivity index (χ3v) is 3.48. The Morgan fingerprint density at radius 2 is 0.676 bits per heavy atom. The maximum Gasteiger partial charge on any atom is 0.394 e. The first kappa shape index (κ1) is 35.7. The van der Waals surface area contributed by atoms with E-state index in [1.165, 1.54) is 0 Å². The quantitative estimate of drug-likeness (QED) is 0.104. The van der Waals surface area contributed by atoms with Gasteiger partial charge < -0.3 is 43.0 Å². The van der Waals surface area contributed by atoms with E-state index in [2.05, 4.69) is 6.92 Å². The Morgan fingerprint density at radius 1 is 0.471 bits per heavy atom. The lowest BCUT2D eigenvalue weighted by Crippen LogP contribution is -2.15. The number of rotatable bonds is 26. The lowest BCUT2D eigenvalue weighted by atomic mass is 10.4. The van der Waals surface area contributed by atoms with Crippen LogP contribution in [-0.2, 0) is 48.3 Å². The number of hydrogen-bond acceptors (Lipinski definition) is 11. The molecule has 0 aromatic carbocycles. The molecule has 0 radical (unpaired) electrons. The fourth-order valence-electron chi connectivity index (χ4n) is 1.95. The van der Waals surface area contributed by atoms with Crippen LogP contribution in [0.1, 0.15) is 19.8 Å². The molecule has 0 aliphatic carbocycles. The number of unbranched alkanes of at least 4 members (excludes halogenated alkanes) is 1. The lowest BCUT2D eigenvalue weighted by molar-refractivity contribution is -0.0238. The average molecular weight is 525 g/mol. The molecule has 0 fully saturated rings. The molecule has 0 saturated heterocycles. The van der Waals surface area contributed by atoms with Crippen molar-refractivity contribution in [3.8, 4) is 0 Å². The highest BCUT2D eigenvalue weighted by Crippen LogP contribution is 1.88. The second-order valence-electron chi connectivity index (χ2n) is 6.42. The summed E-state index contributed by atoms with van der Waals surface area (Å²) in [7, 11) is -4.67. The summed E-state index contributed by atoms with van der Waals surface area (Å²) in [6.45, 7) is 10.9. The van der Waals surface area contributed by atoms with E-state index < -0.39 is 10.4 Å². The van der Waals surface area contributed by atoms with Gasteiger partial charge in [-0.3, -0.25) is 9.11 Å². The first-order chi connectivity index (χ1) is 16.4. The van der Waals surface area contributed by atoms with Gasteiger partial charge in [0.15, 0.2) is 0 Å². The fraction of sp³-hybridized carbons (Fsp3) is 1.00. The smallest absolute Gasteiger partial charge is 0.394 e. The number of hydrogen-bond donors (Lipinski definition) is 3. The molecule has 0 amide bonds. The average Bonchev–Trinajstić information content (AvgIpc) is 2.78. The Kier molecular flexibility index (Phi) is 32.0. The van der Waals surface area contributed by atoms with Gasteiger partial charge in [0, 0.05) is 6.61 Å². The normalized spacial score (nSPS) is 11.4. The molecule has 0 unspecified atom stereocenters. The predicted octanol–water partition coefficient (Wildman–Crippen LogP) is 0.259. The number of aliphatic hydroxyl groups excluding tert-OH is 1. The summed E-state index contributed by atoms with van der Waals surface area (Å²) in [4.78, 5) is 0. The van der Waals surface area contributed by atoms with Crippen molar-refractivity contribution in [3.05, 3.63) is 0 Å². The van der Waals surface area contributed by atoms with Crippen LogP contribution in [-0.4, -0.2) is 135 Å². The zero-order chi connectivity index (χ0) is 25.6. The van der Waals surface area contributed by atoms with E-state index in [1.54, 1.807) is 0 Å². The molecule has 0 heterocycles. The minimum absolute atomic E-state index is 0.0349. The Hall–Kier alpha value is -0.490. The first-order valence-electron chi connectivity index (χ1n) is 11.3. The van der Waals surface area contributed by atoms with Crippen molar-refractivity contribution in [3.63, 3.8) is 0 Å². The van der Waals surface area contributed by atoms with E-state index in [9.17, 15) is 0 Å². The van der Waals surface area contributed by atoms with Gasteiger partial charge in [0.25, 0.3) is 0 Å². The highest BCUT2D eigenvalue weighted by Gasteiger charge is 1.95. The Labute approximate surface area is 203 Å². The third-order valence-electron chi connectivity index (χ3n) is 3.48. The predicted molar refractivity (Wildman–Crippen MR) is 123 cm³/mol. The van der Waals surface area contributed by atoms with Crippen molar-refractivity contribution in [2.45, 2.75) is 19.8 Å². The van der Waals surface area contributed by atoms with E-state index in [4.69, 9.17) is 60.5 Å². The van der Waals surface area contributed by atoms with E-state index in [0.717, 1.165) is 19.4 Å². The van der Waals surface area contributed by atoms with E-state index >= 15 is 0 Å². The molecule has 0 aromatic heterocycles. The van der Waals surface area contributed by atoms with Gasteiger partial charge in [-0.25, -0.2) is 0 Å². The van der Waals surface area contributed by atoms with Gasteiger partial charge >= 0.3 is 10.4 Å². The molecule has 0 atom stereocenters. The largest absolute Gasteiger partial charge is 0.394 e. The topological polar surface area (TPSA) is 169 Å². The summed E-state index contributed by atoms with van der Waals surface area (Å²) in [5.74, 6) is 0. The molecular formula is C20H44O13S. The van der Waals surface area contributed by atoms with Crippen LogP contribution in [0, 0.1) is 0 Å². The SMILES string of the molecule is CCCCOCCOCCOCCOCCOCCOCCOCCOCCO.O=S(=O)(O)O. The summed E-state index contributed by atoms with van der Waals surface area (Å²) < 4.78 is 74.4. The molecule has 0 aromatic rings. The summed E-state index contributed by atoms with van der Waals surface area (Å²) in [6.07, 6.45) is 2.25. The molecule has 0 saturated carbocycles. The van der Waals surface area contributed by atoms with Crippen molar-refractivity contribution in [1.82, 2.24) is 0 Å². The number of ether oxygens (including phenoxy) is 8. The molecule has 0 aliphatic heterocycles. The van der Waals surface area contributed by atoms with Crippen LogP contribution in [0.25, 0.3) is 0 Å². The lowest BCUT2D eigenvalue weighted by Gasteiger charge is -2.08. The molecular weight excluding hydrogens is 480 g/mol. The molecule has 14 heteroatoms. The van der Waals surface area contributed by atoms with E-state index in [1.807, 2.05) is 0 Å². The van der Waals surface area contributed by atoms with Crippen molar-refractivity contribution in [1.29, 1.82) is 0 Å². The third kappa shape index (κ3) is 45.1.